The minimum Gasteiger partial charge on any atom is -0.341 e. The Balaban J connectivity index is 2.41. The fraction of sp³-hybridized carbons (Fsp3) is 0.533. The van der Waals surface area contributed by atoms with Gasteiger partial charge in [0, 0.05) is 0 Å². The normalized spacial score (nSPS) is 13.4. The third-order valence-corrected chi connectivity index (χ3v) is 3.87. The van der Waals surface area contributed by atoms with Gasteiger partial charge in [0.1, 0.15) is 5.82 Å². The molecule has 1 N–H and O–H groups in total. The molecule has 1 aromatic carbocycles. The Morgan fingerprint density at radius 3 is 2.39 bits per heavy atom. The Kier molecular flexibility index (Phi) is 3.71. The maximum atomic E-state index is 4.73. The van der Waals surface area contributed by atoms with Gasteiger partial charge in [-0.1, -0.05) is 13.8 Å². The number of aromatic amines is 1. The molecule has 0 aliphatic rings. The van der Waals surface area contributed by atoms with E-state index in [2.05, 4.69) is 56.6 Å². The van der Waals surface area contributed by atoms with Crippen LogP contribution in [0.1, 0.15) is 43.8 Å². The molecular weight excluding hydrogens is 222 g/mol. The molecule has 1 atom stereocenters. The summed E-state index contributed by atoms with van der Waals surface area (Å²) in [6.45, 7) is 13.0. The molecule has 2 aromatic rings. The average molecular weight is 245 g/mol. The van der Waals surface area contributed by atoms with Crippen molar-refractivity contribution in [2.45, 2.75) is 40.7 Å². The van der Waals surface area contributed by atoms with Gasteiger partial charge in [0.2, 0.25) is 0 Å². The fourth-order valence-electron chi connectivity index (χ4n) is 2.43. The topological polar surface area (TPSA) is 31.9 Å². The van der Waals surface area contributed by atoms with Gasteiger partial charge in [0.25, 0.3) is 0 Å². The molecule has 98 valence electrons. The minimum absolute atomic E-state index is 0.341. The van der Waals surface area contributed by atoms with Crippen molar-refractivity contribution in [2.75, 3.05) is 13.1 Å². The number of rotatable bonds is 4. The van der Waals surface area contributed by atoms with Gasteiger partial charge in [0.15, 0.2) is 0 Å². The number of aryl methyl sites for hydroxylation is 2. The van der Waals surface area contributed by atoms with E-state index in [1.807, 2.05) is 0 Å². The summed E-state index contributed by atoms with van der Waals surface area (Å²) in [5.74, 6) is 1.07. The van der Waals surface area contributed by atoms with E-state index in [1.54, 1.807) is 0 Å². The summed E-state index contributed by atoms with van der Waals surface area (Å²) in [7, 11) is 0. The summed E-state index contributed by atoms with van der Waals surface area (Å²) in [5.41, 5.74) is 4.84. The van der Waals surface area contributed by atoms with Gasteiger partial charge in [-0.05, 0) is 57.1 Å². The van der Waals surface area contributed by atoms with Crippen LogP contribution in [0.5, 0.6) is 0 Å². The van der Waals surface area contributed by atoms with Crippen LogP contribution in [0.15, 0.2) is 12.1 Å². The standard InChI is InChI=1S/C15H23N3/c1-6-18(7-2)12(5)15-16-13-8-10(3)11(4)9-14(13)17-15/h8-9,12H,6-7H2,1-5H3,(H,16,17). The lowest BCUT2D eigenvalue weighted by molar-refractivity contribution is 0.227. The molecule has 1 unspecified atom stereocenters. The van der Waals surface area contributed by atoms with E-state index in [9.17, 15) is 0 Å². The largest absolute Gasteiger partial charge is 0.341 e. The maximum absolute atomic E-state index is 4.73. The van der Waals surface area contributed by atoms with Gasteiger partial charge in [-0.25, -0.2) is 4.98 Å². The van der Waals surface area contributed by atoms with Crippen LogP contribution >= 0.6 is 0 Å². The van der Waals surface area contributed by atoms with Gasteiger partial charge in [-0.3, -0.25) is 4.90 Å². The number of fused-ring (bicyclic) bond motifs is 1. The van der Waals surface area contributed by atoms with Crippen molar-refractivity contribution in [2.24, 2.45) is 0 Å². The Labute approximate surface area is 109 Å². The number of hydrogen-bond acceptors (Lipinski definition) is 2. The number of aromatic nitrogens is 2. The monoisotopic (exact) mass is 245 g/mol. The summed E-state index contributed by atoms with van der Waals surface area (Å²) in [4.78, 5) is 10.6. The Morgan fingerprint density at radius 2 is 1.78 bits per heavy atom. The molecular formula is C15H23N3. The van der Waals surface area contributed by atoms with E-state index < -0.39 is 0 Å². The quantitative estimate of drug-likeness (QED) is 0.892. The summed E-state index contributed by atoms with van der Waals surface area (Å²) in [6, 6.07) is 4.70. The molecule has 3 nitrogen and oxygen atoms in total. The third-order valence-electron chi connectivity index (χ3n) is 3.87. The first kappa shape index (κ1) is 13.1. The van der Waals surface area contributed by atoms with Crippen LogP contribution in [0, 0.1) is 13.8 Å². The second kappa shape index (κ2) is 5.11. The van der Waals surface area contributed by atoms with E-state index in [1.165, 1.54) is 11.1 Å². The minimum atomic E-state index is 0.341. The molecule has 0 aliphatic carbocycles. The third kappa shape index (κ3) is 2.27. The zero-order valence-corrected chi connectivity index (χ0v) is 12.0. The van der Waals surface area contributed by atoms with Crippen molar-refractivity contribution >= 4 is 11.0 Å². The van der Waals surface area contributed by atoms with Crippen molar-refractivity contribution < 1.29 is 0 Å². The Morgan fingerprint density at radius 1 is 1.17 bits per heavy atom. The lowest BCUT2D eigenvalue weighted by Crippen LogP contribution is -2.27. The van der Waals surface area contributed by atoms with Crippen LogP contribution in [0.25, 0.3) is 11.0 Å². The molecule has 0 spiro atoms. The molecule has 1 aromatic heterocycles. The van der Waals surface area contributed by atoms with Crippen LogP contribution in [0.2, 0.25) is 0 Å². The molecule has 0 saturated heterocycles. The van der Waals surface area contributed by atoms with E-state index in [0.29, 0.717) is 6.04 Å². The first-order valence-electron chi connectivity index (χ1n) is 6.77. The van der Waals surface area contributed by atoms with Crippen molar-refractivity contribution in [3.8, 4) is 0 Å². The highest BCUT2D eigenvalue weighted by molar-refractivity contribution is 5.77. The number of hydrogen-bond donors (Lipinski definition) is 1. The van der Waals surface area contributed by atoms with E-state index in [0.717, 1.165) is 29.9 Å². The first-order valence-corrected chi connectivity index (χ1v) is 6.77. The molecule has 18 heavy (non-hydrogen) atoms. The van der Waals surface area contributed by atoms with Gasteiger partial charge in [-0.15, -0.1) is 0 Å². The highest BCUT2D eigenvalue weighted by Crippen LogP contribution is 2.22. The second-order valence-corrected chi connectivity index (χ2v) is 4.97. The molecule has 0 radical (unpaired) electrons. The molecule has 1 heterocycles. The second-order valence-electron chi connectivity index (χ2n) is 4.97. The molecule has 0 amide bonds. The maximum Gasteiger partial charge on any atom is 0.124 e. The summed E-state index contributed by atoms with van der Waals surface area (Å²) in [6.07, 6.45) is 0. The Bertz CT molecular complexity index is 499. The van der Waals surface area contributed by atoms with Gasteiger partial charge < -0.3 is 4.98 Å². The zero-order valence-electron chi connectivity index (χ0n) is 12.0. The van der Waals surface area contributed by atoms with Gasteiger partial charge >= 0.3 is 0 Å². The van der Waals surface area contributed by atoms with Crippen LogP contribution in [0.3, 0.4) is 0 Å². The lowest BCUT2D eigenvalue weighted by Gasteiger charge is -2.24. The van der Waals surface area contributed by atoms with Crippen LogP contribution in [0.4, 0.5) is 0 Å². The first-order chi connectivity index (χ1) is 8.56. The van der Waals surface area contributed by atoms with E-state index in [-0.39, 0.29) is 0 Å². The van der Waals surface area contributed by atoms with Crippen molar-refractivity contribution in [3.05, 3.63) is 29.1 Å². The average Bonchev–Trinajstić information content (AvgIpc) is 2.74. The number of H-pyrrole nitrogens is 1. The van der Waals surface area contributed by atoms with Gasteiger partial charge in [0.05, 0.1) is 17.1 Å². The highest BCUT2D eigenvalue weighted by atomic mass is 15.2. The summed E-state index contributed by atoms with van der Waals surface area (Å²) < 4.78 is 0. The predicted octanol–water partition coefficient (Wildman–Crippen LogP) is 3.58. The number of nitrogens with zero attached hydrogens (tertiary/aromatic N) is 2. The highest BCUT2D eigenvalue weighted by Gasteiger charge is 2.16. The van der Waals surface area contributed by atoms with Crippen molar-refractivity contribution in [3.63, 3.8) is 0 Å². The lowest BCUT2D eigenvalue weighted by atomic mass is 10.1. The van der Waals surface area contributed by atoms with Crippen molar-refractivity contribution in [1.82, 2.24) is 14.9 Å². The number of imidazole rings is 1. The smallest absolute Gasteiger partial charge is 0.124 e. The molecule has 0 bridgehead atoms. The number of nitrogens with one attached hydrogen (secondary N) is 1. The SMILES string of the molecule is CCN(CC)C(C)c1nc2cc(C)c(C)cc2[nH]1. The fourth-order valence-corrected chi connectivity index (χ4v) is 2.43. The number of benzene rings is 1. The summed E-state index contributed by atoms with van der Waals surface area (Å²) >= 11 is 0. The molecule has 0 aliphatic heterocycles. The van der Waals surface area contributed by atoms with Crippen LogP contribution < -0.4 is 0 Å². The summed E-state index contributed by atoms with van der Waals surface area (Å²) in [5, 5.41) is 0. The molecule has 3 heteroatoms. The zero-order chi connectivity index (χ0) is 13.3. The molecule has 2 rings (SSSR count). The van der Waals surface area contributed by atoms with E-state index in [4.69, 9.17) is 4.98 Å². The van der Waals surface area contributed by atoms with Crippen LogP contribution in [-0.2, 0) is 0 Å². The Hall–Kier alpha value is -1.35. The predicted molar refractivity (Wildman–Crippen MR) is 76.9 cm³/mol. The molecule has 0 saturated carbocycles. The molecule has 0 fully saturated rings. The van der Waals surface area contributed by atoms with E-state index >= 15 is 0 Å². The van der Waals surface area contributed by atoms with Gasteiger partial charge in [-0.2, -0.15) is 0 Å². The van der Waals surface area contributed by atoms with Crippen molar-refractivity contribution in [1.29, 1.82) is 0 Å². The van der Waals surface area contributed by atoms with Crippen LogP contribution in [-0.4, -0.2) is 28.0 Å².